The second kappa shape index (κ2) is 10.00. The van der Waals surface area contributed by atoms with Crippen LogP contribution < -0.4 is 5.73 Å². The Morgan fingerprint density at radius 2 is 1.71 bits per heavy atom. The Bertz CT molecular complexity index is 427. The number of likely N-dealkylation sites (tertiary alicyclic amines) is 1. The molecule has 1 aliphatic rings. The number of hydrogen-bond acceptors (Lipinski definition) is 3. The van der Waals surface area contributed by atoms with Crippen LogP contribution in [-0.4, -0.2) is 35.0 Å². The molecule has 21 heavy (non-hydrogen) atoms. The number of hydrogen-bond donors (Lipinski definition) is 2. The molecule has 0 unspecified atom stereocenters. The van der Waals surface area contributed by atoms with Crippen molar-refractivity contribution in [2.24, 2.45) is 5.73 Å². The van der Waals surface area contributed by atoms with Crippen LogP contribution >= 0.6 is 25.9 Å². The maximum Gasteiger partial charge on any atom is 0.242 e. The summed E-state index contributed by atoms with van der Waals surface area (Å²) in [7, 11) is 0. The van der Waals surface area contributed by atoms with Crippen molar-refractivity contribution in [1.29, 1.82) is 0 Å². The first-order chi connectivity index (χ1) is 8.59. The minimum absolute atomic E-state index is 0. The number of nitrogens with zero attached hydrogens (tertiary/aromatic N) is 1. The molecule has 3 N–H and O–H groups in total. The first-order valence-electron chi connectivity index (χ1n) is 6.07. The monoisotopic (exact) mass is 338 g/mol. The van der Waals surface area contributed by atoms with Gasteiger partial charge in [-0.3, -0.25) is 4.79 Å². The Morgan fingerprint density at radius 1 is 1.24 bits per heavy atom. The van der Waals surface area contributed by atoms with E-state index in [2.05, 4.69) is 0 Å². The number of halogens is 2. The van der Waals surface area contributed by atoms with Crippen molar-refractivity contribution >= 4 is 31.8 Å². The van der Waals surface area contributed by atoms with Crippen LogP contribution in [-0.2, 0) is 4.79 Å². The van der Waals surface area contributed by atoms with Crippen LogP contribution in [0.15, 0.2) is 24.3 Å². The summed E-state index contributed by atoms with van der Waals surface area (Å²) in [6.45, 7) is 1.39. The third-order valence-corrected chi connectivity index (χ3v) is 3.25. The molecule has 1 saturated heterocycles. The molecule has 2 atom stereocenters. The number of amides is 1. The molecule has 7 heteroatoms. The predicted molar refractivity (Wildman–Crippen MR) is 89.5 cm³/mol. The van der Waals surface area contributed by atoms with Crippen LogP contribution in [0.5, 0.6) is 0 Å². The number of nitrogens with two attached hydrogens (primary N) is 1. The highest BCUT2D eigenvalue weighted by molar-refractivity contribution is 7.59. The molecule has 122 valence electrons. The van der Waals surface area contributed by atoms with E-state index >= 15 is 0 Å². The molecule has 1 heterocycles. The highest BCUT2D eigenvalue weighted by Crippen LogP contribution is 2.19. The van der Waals surface area contributed by atoms with Gasteiger partial charge >= 0.3 is 0 Å². The van der Waals surface area contributed by atoms with Gasteiger partial charge in [-0.25, -0.2) is 4.39 Å². The third-order valence-electron chi connectivity index (χ3n) is 3.25. The van der Waals surface area contributed by atoms with Gasteiger partial charge in [0.1, 0.15) is 18.0 Å². The fourth-order valence-electron chi connectivity index (χ4n) is 2.15. The number of carbonyl (C=O) groups excluding carboxylic acids is 1. The molecule has 1 fully saturated rings. The molecule has 1 aromatic carbocycles. The zero-order valence-corrected chi connectivity index (χ0v) is 12.8. The van der Waals surface area contributed by atoms with E-state index < -0.39 is 12.1 Å². The van der Waals surface area contributed by atoms with Gasteiger partial charge in [0.2, 0.25) is 5.91 Å². The van der Waals surface area contributed by atoms with E-state index in [-0.39, 0.29) is 45.1 Å². The molecule has 0 saturated carbocycles. The number of rotatable bonds is 3. The predicted octanol–water partition coefficient (Wildman–Crippen LogP) is 1.98. The summed E-state index contributed by atoms with van der Waals surface area (Å²) in [6, 6.07) is 4.37. The molecule has 0 radical (unpaired) electrons. The normalized spacial score (nSPS) is 16.0. The Hall–Kier alpha value is -0.820. The van der Waals surface area contributed by atoms with Gasteiger partial charge in [-0.1, -0.05) is 19.6 Å². The van der Waals surface area contributed by atoms with Gasteiger partial charge in [-0.15, -0.1) is 12.4 Å². The molecular formula is C14H24ClFN2O2S. The molecule has 1 amide bonds. The lowest BCUT2D eigenvalue weighted by molar-refractivity contribution is -0.134. The Balaban J connectivity index is 0. The molecule has 0 aromatic heterocycles. The van der Waals surface area contributed by atoms with E-state index in [4.69, 9.17) is 5.73 Å². The van der Waals surface area contributed by atoms with Gasteiger partial charge in [0.15, 0.2) is 0 Å². The molecule has 1 aliphatic heterocycles. The van der Waals surface area contributed by atoms with Crippen molar-refractivity contribution < 1.29 is 14.3 Å². The Labute approximate surface area is 138 Å². The quantitative estimate of drug-likeness (QED) is 0.885. The van der Waals surface area contributed by atoms with Gasteiger partial charge in [-0.05, 0) is 30.5 Å². The van der Waals surface area contributed by atoms with Crippen molar-refractivity contribution in [2.45, 2.75) is 32.4 Å². The lowest BCUT2D eigenvalue weighted by atomic mass is 10.0. The van der Waals surface area contributed by atoms with E-state index in [1.807, 2.05) is 0 Å². The summed E-state index contributed by atoms with van der Waals surface area (Å²) < 4.78 is 12.8. The number of aliphatic hydroxyl groups is 1. The van der Waals surface area contributed by atoms with Crippen LogP contribution in [0.2, 0.25) is 0 Å². The standard InChI is InChI=1S/C13H17FN2O2.CH4.ClH.H2S/c14-10-5-3-9(4-6-10)12(17)11(15)13(18)16-7-1-2-8-16;;;/h3-6,11-12,17H,1-2,7-8,15H2;1H4;1H;1H2/t11-,12+;;;/m1.../s1. The van der Waals surface area contributed by atoms with Gasteiger partial charge in [0.25, 0.3) is 0 Å². The maximum absolute atomic E-state index is 12.8. The lowest BCUT2D eigenvalue weighted by Crippen LogP contribution is -2.45. The molecule has 0 bridgehead atoms. The van der Waals surface area contributed by atoms with Gasteiger partial charge < -0.3 is 15.7 Å². The zero-order chi connectivity index (χ0) is 13.1. The van der Waals surface area contributed by atoms with Crippen LogP contribution in [0.4, 0.5) is 4.39 Å². The SMILES string of the molecule is C.Cl.N[C@@H](C(=O)N1CCCC1)[C@@H](O)c1ccc(F)cc1.S. The minimum Gasteiger partial charge on any atom is -0.386 e. The summed E-state index contributed by atoms with van der Waals surface area (Å²) in [5, 5.41) is 10.0. The van der Waals surface area contributed by atoms with Crippen LogP contribution in [0, 0.1) is 5.82 Å². The smallest absolute Gasteiger partial charge is 0.242 e. The van der Waals surface area contributed by atoms with Crippen molar-refractivity contribution in [3.63, 3.8) is 0 Å². The highest BCUT2D eigenvalue weighted by atomic mass is 35.5. The first-order valence-corrected chi connectivity index (χ1v) is 6.07. The van der Waals surface area contributed by atoms with Gasteiger partial charge in [0.05, 0.1) is 0 Å². The van der Waals surface area contributed by atoms with Gasteiger partial charge in [-0.2, -0.15) is 13.5 Å². The molecular weight excluding hydrogens is 315 g/mol. The Kier molecular flexibility index (Phi) is 10.7. The summed E-state index contributed by atoms with van der Waals surface area (Å²) in [4.78, 5) is 13.7. The van der Waals surface area contributed by atoms with Crippen molar-refractivity contribution in [3.05, 3.63) is 35.6 Å². The fraction of sp³-hybridized carbons (Fsp3) is 0.500. The van der Waals surface area contributed by atoms with E-state index in [9.17, 15) is 14.3 Å². The fourth-order valence-corrected chi connectivity index (χ4v) is 2.15. The molecule has 0 spiro atoms. The van der Waals surface area contributed by atoms with Gasteiger partial charge in [0, 0.05) is 13.1 Å². The molecule has 2 rings (SSSR count). The van der Waals surface area contributed by atoms with Crippen LogP contribution in [0.25, 0.3) is 0 Å². The second-order valence-corrected chi connectivity index (χ2v) is 4.55. The minimum atomic E-state index is -1.10. The lowest BCUT2D eigenvalue weighted by Gasteiger charge is -2.24. The van der Waals surface area contributed by atoms with E-state index in [0.29, 0.717) is 18.7 Å². The average molecular weight is 339 g/mol. The third kappa shape index (κ3) is 5.47. The molecule has 4 nitrogen and oxygen atoms in total. The summed E-state index contributed by atoms with van der Waals surface area (Å²) in [6.07, 6.45) is 0.856. The number of aliphatic hydroxyl groups excluding tert-OH is 1. The largest absolute Gasteiger partial charge is 0.386 e. The van der Waals surface area contributed by atoms with Crippen molar-refractivity contribution in [3.8, 4) is 0 Å². The van der Waals surface area contributed by atoms with Crippen LogP contribution in [0.3, 0.4) is 0 Å². The van der Waals surface area contributed by atoms with E-state index in [1.165, 1.54) is 24.3 Å². The molecule has 1 aromatic rings. The number of benzene rings is 1. The van der Waals surface area contributed by atoms with Crippen LogP contribution in [0.1, 0.15) is 31.9 Å². The second-order valence-electron chi connectivity index (χ2n) is 4.55. The van der Waals surface area contributed by atoms with E-state index in [0.717, 1.165) is 12.8 Å². The van der Waals surface area contributed by atoms with Crippen molar-refractivity contribution in [1.82, 2.24) is 4.90 Å². The number of carbonyl (C=O) groups is 1. The first kappa shape index (κ1) is 22.5. The maximum atomic E-state index is 12.8. The summed E-state index contributed by atoms with van der Waals surface area (Å²) >= 11 is 0. The summed E-state index contributed by atoms with van der Waals surface area (Å²) in [5.74, 6) is -0.630. The molecule has 0 aliphatic carbocycles. The Morgan fingerprint density at radius 3 is 2.19 bits per heavy atom. The zero-order valence-electron chi connectivity index (χ0n) is 11.0. The van der Waals surface area contributed by atoms with E-state index in [1.54, 1.807) is 4.90 Å². The topological polar surface area (TPSA) is 66.6 Å². The average Bonchev–Trinajstić information content (AvgIpc) is 2.91. The highest BCUT2D eigenvalue weighted by Gasteiger charge is 2.29. The summed E-state index contributed by atoms with van der Waals surface area (Å²) in [5.41, 5.74) is 6.23. The van der Waals surface area contributed by atoms with Crippen molar-refractivity contribution in [2.75, 3.05) is 13.1 Å².